The van der Waals surface area contributed by atoms with Crippen LogP contribution in [0.2, 0.25) is 0 Å². The largest absolute Gasteiger partial charge is 0.379 e. The Morgan fingerprint density at radius 3 is 1.03 bits per heavy atom. The Bertz CT molecular complexity index is 3580. The van der Waals surface area contributed by atoms with Crippen LogP contribution in [0.25, 0.3) is 64.6 Å². The van der Waals surface area contributed by atoms with Crippen molar-refractivity contribution in [2.45, 2.75) is 63.5 Å². The molecule has 0 heterocycles. The molecule has 23 heteroatoms. The van der Waals surface area contributed by atoms with E-state index in [1.807, 2.05) is 12.1 Å². The molecule has 8 N–H and O–H groups in total. The summed E-state index contributed by atoms with van der Waals surface area (Å²) in [6, 6.07) is 35.9. The fourth-order valence-electron chi connectivity index (χ4n) is 11.5. The molecule has 23 nitrogen and oxygen atoms in total. The van der Waals surface area contributed by atoms with Gasteiger partial charge in [-0.05, 0) is 88.6 Å². The Morgan fingerprint density at radius 2 is 0.639 bits per heavy atom. The molecule has 0 unspecified atom stereocenters. The number of carbonyl (C=O) groups excluding carboxylic acids is 5. The van der Waals surface area contributed by atoms with Crippen molar-refractivity contribution in [2.75, 3.05) is 178 Å². The zero-order valence-electron chi connectivity index (χ0n) is 55.9. The minimum Gasteiger partial charge on any atom is -0.379 e. The Balaban J connectivity index is 0.758. The van der Waals surface area contributed by atoms with Crippen molar-refractivity contribution < 1.29 is 80.8 Å². The molecule has 0 saturated carbocycles. The summed E-state index contributed by atoms with van der Waals surface area (Å²) < 4.78 is 66.3. The smallest absolute Gasteiger partial charge is 0.243 e. The lowest BCUT2D eigenvalue weighted by atomic mass is 9.90. The molecule has 0 aliphatic carbocycles. The van der Waals surface area contributed by atoms with Crippen molar-refractivity contribution in [1.29, 1.82) is 0 Å². The van der Waals surface area contributed by atoms with Gasteiger partial charge in [0.1, 0.15) is 12.1 Å². The summed E-state index contributed by atoms with van der Waals surface area (Å²) in [4.78, 5) is 66.4. The number of hydrogen-bond acceptors (Lipinski definition) is 18. The highest BCUT2D eigenvalue weighted by Crippen LogP contribution is 2.38. The van der Waals surface area contributed by atoms with Gasteiger partial charge < -0.3 is 89.6 Å². The number of carbonyl (C=O) groups is 5. The van der Waals surface area contributed by atoms with Crippen LogP contribution in [0.15, 0.2) is 109 Å². The number of rotatable bonds is 55. The topological polar surface area (TPSA) is 296 Å². The highest BCUT2D eigenvalue weighted by molar-refractivity contribution is 6.24. The summed E-state index contributed by atoms with van der Waals surface area (Å²) >= 11 is 0. The van der Waals surface area contributed by atoms with E-state index in [9.17, 15) is 24.0 Å². The third kappa shape index (κ3) is 25.8. The van der Waals surface area contributed by atoms with Crippen molar-refractivity contribution in [1.82, 2.24) is 21.3 Å². The molecule has 0 radical (unpaired) electrons. The summed E-state index contributed by atoms with van der Waals surface area (Å²) in [6.45, 7) is 10.3. The number of amides is 5. The lowest BCUT2D eigenvalue weighted by molar-refractivity contribution is -0.129. The van der Waals surface area contributed by atoms with E-state index in [0.717, 1.165) is 70.4 Å². The van der Waals surface area contributed by atoms with Crippen LogP contribution in [0.4, 0.5) is 0 Å². The van der Waals surface area contributed by atoms with Gasteiger partial charge in [0.15, 0.2) is 0 Å². The van der Waals surface area contributed by atoms with Gasteiger partial charge in [-0.1, -0.05) is 116 Å². The van der Waals surface area contributed by atoms with Gasteiger partial charge in [0.05, 0.1) is 159 Å². The normalized spacial score (nSPS) is 12.4. The lowest BCUT2D eigenvalue weighted by Crippen LogP contribution is -2.48. The predicted octanol–water partition coefficient (Wildman–Crippen LogP) is 6.45. The third-order valence-electron chi connectivity index (χ3n) is 16.3. The molecule has 5 amide bonds. The van der Waals surface area contributed by atoms with E-state index in [-0.39, 0.29) is 88.7 Å². The molecule has 8 aromatic carbocycles. The molecular weight excluding hydrogens is 1240 g/mol. The monoisotopic (exact) mass is 1340 g/mol. The molecule has 0 aliphatic heterocycles. The van der Waals surface area contributed by atoms with Crippen molar-refractivity contribution in [2.24, 2.45) is 11.5 Å². The maximum Gasteiger partial charge on any atom is 0.243 e. The van der Waals surface area contributed by atoms with Crippen LogP contribution in [0.3, 0.4) is 0 Å². The average molecular weight is 1340 g/mol. The maximum atomic E-state index is 14.2. The van der Waals surface area contributed by atoms with Crippen LogP contribution in [0.5, 0.6) is 0 Å². The van der Waals surface area contributed by atoms with E-state index in [1.54, 1.807) is 0 Å². The van der Waals surface area contributed by atoms with Crippen LogP contribution in [-0.4, -0.2) is 220 Å². The number of nitrogens with one attached hydrogen (secondary N) is 4. The van der Waals surface area contributed by atoms with E-state index in [4.69, 9.17) is 68.3 Å². The molecule has 97 heavy (non-hydrogen) atoms. The second-order valence-corrected chi connectivity index (χ2v) is 23.3. The first-order chi connectivity index (χ1) is 47.7. The SMILES string of the molecule is NCCOCCOCCOCCOCCOCCOCCC(=O)N[C@H](Cc1ccc2ccc3cccc4ccc1c2c34)C(=O)NCCCCCC(=O)N[C@H](Cc1ccc2ccc3cccc4ccc1c2c34)C(=O)NCCOCCOCCOCCOCCOCCOCCC(N)=O. The molecule has 2 atom stereocenters. The number of ether oxygens (including phenoxy) is 12. The standard InChI is InChI=1S/C74H98N6O17/c75-25-30-88-34-38-92-42-46-96-50-48-95-45-41-91-37-33-87-29-24-68(83)80-64(52-60-17-15-58-13-11-54-6-4-8-56-19-21-62(60)71(58)69(54)56)73(84)77-26-3-1-2-10-67(82)79-65(53-61-18-16-59-14-12-55-7-5-9-57-20-22-63(61)72(59)70(55)57)74(85)78-27-31-89-35-39-93-43-47-97-51-49-94-44-40-90-36-32-86-28-23-66(76)81/h4-9,11-22,64-65H,1-3,10,23-53,75H2,(H2,76,81)(H,77,84)(H,78,85)(H,79,82)(H,80,83)/t64-,65-/m1/s1. The van der Waals surface area contributed by atoms with E-state index in [0.29, 0.717) is 164 Å². The molecule has 0 aromatic heterocycles. The van der Waals surface area contributed by atoms with Crippen LogP contribution in [0, 0.1) is 0 Å². The van der Waals surface area contributed by atoms with Gasteiger partial charge in [-0.15, -0.1) is 0 Å². The summed E-state index contributed by atoms with van der Waals surface area (Å²) in [5.41, 5.74) is 12.4. The quantitative estimate of drug-likeness (QED) is 0.0176. The van der Waals surface area contributed by atoms with Gasteiger partial charge >= 0.3 is 0 Å². The fourth-order valence-corrected chi connectivity index (χ4v) is 11.5. The van der Waals surface area contributed by atoms with E-state index >= 15 is 0 Å². The Morgan fingerprint density at radius 1 is 0.320 bits per heavy atom. The molecule has 0 saturated heterocycles. The first kappa shape index (κ1) is 75.4. The predicted molar refractivity (Wildman–Crippen MR) is 373 cm³/mol. The van der Waals surface area contributed by atoms with E-state index in [2.05, 4.69) is 118 Å². The van der Waals surface area contributed by atoms with Crippen molar-refractivity contribution in [3.63, 3.8) is 0 Å². The molecule has 8 rings (SSSR count). The summed E-state index contributed by atoms with van der Waals surface area (Å²) in [5, 5.41) is 25.5. The third-order valence-corrected chi connectivity index (χ3v) is 16.3. The van der Waals surface area contributed by atoms with E-state index < -0.39 is 18.0 Å². The molecule has 526 valence electrons. The van der Waals surface area contributed by atoms with Gasteiger partial charge in [-0.2, -0.15) is 0 Å². The second kappa shape index (κ2) is 43.8. The average Bonchev–Trinajstić information content (AvgIpc) is 0.751. The highest BCUT2D eigenvalue weighted by Gasteiger charge is 2.25. The van der Waals surface area contributed by atoms with Crippen LogP contribution in [0.1, 0.15) is 49.7 Å². The Labute approximate surface area is 567 Å². The van der Waals surface area contributed by atoms with Crippen LogP contribution < -0.4 is 32.7 Å². The van der Waals surface area contributed by atoms with Gasteiger partial charge in [-0.25, -0.2) is 0 Å². The van der Waals surface area contributed by atoms with E-state index in [1.165, 1.54) is 5.39 Å². The summed E-state index contributed by atoms with van der Waals surface area (Å²) in [5.74, 6) is -1.61. The maximum absolute atomic E-state index is 14.2. The number of hydrogen-bond donors (Lipinski definition) is 6. The minimum absolute atomic E-state index is 0.0461. The first-order valence-corrected chi connectivity index (χ1v) is 34.0. The van der Waals surface area contributed by atoms with Crippen molar-refractivity contribution in [3.8, 4) is 0 Å². The van der Waals surface area contributed by atoms with Gasteiger partial charge in [0.25, 0.3) is 0 Å². The number of primary amides is 1. The molecule has 0 fully saturated rings. The van der Waals surface area contributed by atoms with Crippen molar-refractivity contribution in [3.05, 3.63) is 120 Å². The van der Waals surface area contributed by atoms with Gasteiger partial charge in [-0.3, -0.25) is 24.0 Å². The first-order valence-electron chi connectivity index (χ1n) is 34.0. The number of unbranched alkanes of at least 4 members (excludes halogenated alkanes) is 2. The summed E-state index contributed by atoms with van der Waals surface area (Å²) in [7, 11) is 0. The zero-order chi connectivity index (χ0) is 67.9. The molecule has 8 aromatic rings. The number of nitrogens with two attached hydrogens (primary N) is 2. The molecule has 0 spiro atoms. The Hall–Kier alpha value is -7.33. The second-order valence-electron chi connectivity index (χ2n) is 23.3. The Kier molecular flexibility index (Phi) is 34.1. The van der Waals surface area contributed by atoms with Gasteiger partial charge in [0, 0.05) is 51.7 Å². The molecule has 0 aliphatic rings. The van der Waals surface area contributed by atoms with Gasteiger partial charge in [0.2, 0.25) is 29.5 Å². The minimum atomic E-state index is -0.878. The fraction of sp³-hybridized carbons (Fsp3) is 0.500. The highest BCUT2D eigenvalue weighted by atomic mass is 16.6. The van der Waals surface area contributed by atoms with Crippen molar-refractivity contribution >= 4 is 94.2 Å². The van der Waals surface area contributed by atoms with Crippen LogP contribution in [-0.2, 0) is 93.7 Å². The number of benzene rings is 8. The molecule has 0 bridgehead atoms. The summed E-state index contributed by atoms with van der Waals surface area (Å²) in [6.07, 6.45) is 2.65. The lowest BCUT2D eigenvalue weighted by Gasteiger charge is -2.21. The zero-order valence-corrected chi connectivity index (χ0v) is 55.9. The van der Waals surface area contributed by atoms with Crippen LogP contribution >= 0.6 is 0 Å². The molecular formula is C74H98N6O17.